The van der Waals surface area contributed by atoms with E-state index in [4.69, 9.17) is 11.6 Å². The van der Waals surface area contributed by atoms with Crippen LogP contribution in [-0.4, -0.2) is 59.9 Å². The molecule has 0 atom stereocenters. The number of benzene rings is 1. The van der Waals surface area contributed by atoms with Crippen LogP contribution in [0.4, 0.5) is 0 Å². The van der Waals surface area contributed by atoms with Gasteiger partial charge in [0.05, 0.1) is 6.54 Å². The van der Waals surface area contributed by atoms with E-state index >= 15 is 0 Å². The van der Waals surface area contributed by atoms with Gasteiger partial charge in [0, 0.05) is 50.6 Å². The molecule has 150 valence electrons. The Labute approximate surface area is 188 Å². The molecule has 1 N–H and O–H groups in total. The number of rotatable bonds is 5. The zero-order valence-electron chi connectivity index (χ0n) is 15.8. The van der Waals surface area contributed by atoms with Gasteiger partial charge in [-0.15, -0.1) is 24.0 Å². The van der Waals surface area contributed by atoms with Crippen molar-refractivity contribution < 1.29 is 4.79 Å². The van der Waals surface area contributed by atoms with E-state index in [9.17, 15) is 4.79 Å². The number of aromatic nitrogens is 1. The molecule has 1 saturated heterocycles. The first-order chi connectivity index (χ1) is 13.2. The SMILES string of the molecule is CN=C(NCCc1ccncc1)N1CCN(Cc2ccc(Cl)cc2)C(=O)C1.I. The van der Waals surface area contributed by atoms with E-state index < -0.39 is 0 Å². The summed E-state index contributed by atoms with van der Waals surface area (Å²) in [6.07, 6.45) is 4.47. The quantitative estimate of drug-likeness (QED) is 0.380. The maximum Gasteiger partial charge on any atom is 0.242 e. The molecule has 1 amide bonds. The lowest BCUT2D eigenvalue weighted by molar-refractivity contribution is -0.135. The summed E-state index contributed by atoms with van der Waals surface area (Å²) in [6, 6.07) is 11.6. The zero-order valence-corrected chi connectivity index (χ0v) is 18.9. The first kappa shape index (κ1) is 22.4. The van der Waals surface area contributed by atoms with Gasteiger partial charge in [-0.1, -0.05) is 23.7 Å². The van der Waals surface area contributed by atoms with Crippen LogP contribution in [0.25, 0.3) is 0 Å². The molecule has 8 heteroatoms. The molecule has 3 rings (SSSR count). The Morgan fingerprint density at radius 1 is 1.14 bits per heavy atom. The monoisotopic (exact) mass is 513 g/mol. The van der Waals surface area contributed by atoms with Crippen molar-refractivity contribution in [2.75, 3.05) is 33.2 Å². The fourth-order valence-electron chi connectivity index (χ4n) is 3.07. The lowest BCUT2D eigenvalue weighted by Crippen LogP contribution is -2.55. The molecule has 1 fully saturated rings. The number of nitrogens with one attached hydrogen (secondary N) is 1. The highest BCUT2D eigenvalue weighted by Crippen LogP contribution is 2.13. The van der Waals surface area contributed by atoms with Crippen molar-refractivity contribution in [3.63, 3.8) is 0 Å². The molecule has 0 spiro atoms. The highest BCUT2D eigenvalue weighted by Gasteiger charge is 2.25. The van der Waals surface area contributed by atoms with E-state index in [1.165, 1.54) is 5.56 Å². The Bertz CT molecular complexity index is 785. The number of hydrogen-bond donors (Lipinski definition) is 1. The number of carbonyl (C=O) groups is 1. The molecule has 2 aromatic rings. The molecule has 1 aromatic heterocycles. The average molecular weight is 514 g/mol. The topological polar surface area (TPSA) is 60.8 Å². The van der Waals surface area contributed by atoms with Crippen molar-refractivity contribution in [3.8, 4) is 0 Å². The van der Waals surface area contributed by atoms with E-state index in [0.717, 1.165) is 31.0 Å². The molecule has 0 unspecified atom stereocenters. The van der Waals surface area contributed by atoms with Crippen LogP contribution in [0.3, 0.4) is 0 Å². The Hall–Kier alpha value is -1.87. The number of amides is 1. The van der Waals surface area contributed by atoms with Gasteiger partial charge in [0.25, 0.3) is 0 Å². The number of guanidine groups is 1. The minimum atomic E-state index is 0. The normalized spacial score (nSPS) is 14.6. The van der Waals surface area contributed by atoms with Gasteiger partial charge in [0.15, 0.2) is 5.96 Å². The van der Waals surface area contributed by atoms with Gasteiger partial charge in [-0.2, -0.15) is 0 Å². The number of carbonyl (C=O) groups excluding carboxylic acids is 1. The van der Waals surface area contributed by atoms with Gasteiger partial charge in [-0.25, -0.2) is 0 Å². The molecule has 1 aliphatic heterocycles. The van der Waals surface area contributed by atoms with Crippen molar-refractivity contribution in [1.29, 1.82) is 0 Å². The Balaban J connectivity index is 0.00000280. The summed E-state index contributed by atoms with van der Waals surface area (Å²) in [7, 11) is 1.75. The second kappa shape index (κ2) is 11.2. The number of piperazine rings is 1. The van der Waals surface area contributed by atoms with Crippen molar-refractivity contribution in [2.45, 2.75) is 13.0 Å². The molecule has 1 aromatic carbocycles. The van der Waals surface area contributed by atoms with Crippen LogP contribution in [0.1, 0.15) is 11.1 Å². The number of halogens is 2. The number of nitrogens with zero attached hydrogens (tertiary/aromatic N) is 4. The van der Waals surface area contributed by atoms with Gasteiger partial charge in [-0.05, 0) is 41.8 Å². The van der Waals surface area contributed by atoms with Gasteiger partial charge in [-0.3, -0.25) is 14.8 Å². The maximum absolute atomic E-state index is 12.6. The molecule has 0 aliphatic carbocycles. The van der Waals surface area contributed by atoms with Gasteiger partial charge < -0.3 is 15.1 Å². The van der Waals surface area contributed by atoms with Crippen molar-refractivity contribution in [2.24, 2.45) is 4.99 Å². The third-order valence-corrected chi connectivity index (χ3v) is 4.81. The van der Waals surface area contributed by atoms with Crippen LogP contribution in [-0.2, 0) is 17.8 Å². The molecule has 0 saturated carbocycles. The average Bonchev–Trinajstić information content (AvgIpc) is 2.69. The third-order valence-electron chi connectivity index (χ3n) is 4.56. The van der Waals surface area contributed by atoms with Crippen LogP contribution in [0.15, 0.2) is 53.8 Å². The summed E-state index contributed by atoms with van der Waals surface area (Å²) in [5, 5.41) is 4.05. The van der Waals surface area contributed by atoms with Crippen LogP contribution in [0, 0.1) is 0 Å². The number of aliphatic imine (C=N–C) groups is 1. The molecular weight excluding hydrogens is 489 g/mol. The Morgan fingerprint density at radius 3 is 2.50 bits per heavy atom. The highest BCUT2D eigenvalue weighted by molar-refractivity contribution is 14.0. The lowest BCUT2D eigenvalue weighted by Gasteiger charge is -2.36. The standard InChI is InChI=1S/C20H24ClN5O.HI/c1-22-20(24-11-8-16-6-9-23-10-7-16)26-13-12-25(19(27)15-26)14-17-2-4-18(21)5-3-17;/h2-7,9-10H,8,11-15H2,1H3,(H,22,24);1H. The fraction of sp³-hybridized carbons (Fsp3) is 0.350. The molecule has 28 heavy (non-hydrogen) atoms. The summed E-state index contributed by atoms with van der Waals surface area (Å²) in [5.41, 5.74) is 2.30. The maximum atomic E-state index is 12.6. The first-order valence-electron chi connectivity index (χ1n) is 9.02. The van der Waals surface area contributed by atoms with Crippen molar-refractivity contribution in [3.05, 3.63) is 64.9 Å². The summed E-state index contributed by atoms with van der Waals surface area (Å²) in [5.74, 6) is 0.872. The van der Waals surface area contributed by atoms with E-state index in [1.807, 2.05) is 46.2 Å². The largest absolute Gasteiger partial charge is 0.356 e. The number of hydrogen-bond acceptors (Lipinski definition) is 3. The van der Waals surface area contributed by atoms with Gasteiger partial charge >= 0.3 is 0 Å². The zero-order chi connectivity index (χ0) is 19.1. The van der Waals surface area contributed by atoms with E-state index in [2.05, 4.69) is 15.3 Å². The number of pyridine rings is 1. The molecule has 6 nitrogen and oxygen atoms in total. The summed E-state index contributed by atoms with van der Waals surface area (Å²) >= 11 is 5.92. The summed E-state index contributed by atoms with van der Waals surface area (Å²) in [4.78, 5) is 24.8. The third kappa shape index (κ3) is 6.34. The fourth-order valence-corrected chi connectivity index (χ4v) is 3.19. The second-order valence-corrected chi connectivity index (χ2v) is 6.88. The Morgan fingerprint density at radius 2 is 1.86 bits per heavy atom. The second-order valence-electron chi connectivity index (χ2n) is 6.44. The molecule has 2 heterocycles. The molecule has 0 radical (unpaired) electrons. The van der Waals surface area contributed by atoms with Gasteiger partial charge in [0.1, 0.15) is 0 Å². The van der Waals surface area contributed by atoms with Crippen molar-refractivity contribution >= 4 is 47.4 Å². The predicted octanol–water partition coefficient (Wildman–Crippen LogP) is 2.82. The molecule has 0 bridgehead atoms. The van der Waals surface area contributed by atoms with Crippen LogP contribution >= 0.6 is 35.6 Å². The van der Waals surface area contributed by atoms with Crippen molar-refractivity contribution in [1.82, 2.24) is 20.1 Å². The predicted molar refractivity (Wildman–Crippen MR) is 123 cm³/mol. The lowest BCUT2D eigenvalue weighted by atomic mass is 10.2. The van der Waals surface area contributed by atoms with E-state index in [1.54, 1.807) is 19.4 Å². The van der Waals surface area contributed by atoms with Gasteiger partial charge in [0.2, 0.25) is 5.91 Å². The minimum Gasteiger partial charge on any atom is -0.356 e. The highest BCUT2D eigenvalue weighted by atomic mass is 127. The molecular formula is C20H25ClIN5O. The smallest absolute Gasteiger partial charge is 0.242 e. The first-order valence-corrected chi connectivity index (χ1v) is 9.40. The van der Waals surface area contributed by atoms with E-state index in [-0.39, 0.29) is 29.9 Å². The minimum absolute atomic E-state index is 0. The summed E-state index contributed by atoms with van der Waals surface area (Å²) < 4.78 is 0. The van der Waals surface area contributed by atoms with Crippen LogP contribution < -0.4 is 5.32 Å². The summed E-state index contributed by atoms with van der Waals surface area (Å²) in [6.45, 7) is 3.14. The van der Waals surface area contributed by atoms with Crippen LogP contribution in [0.5, 0.6) is 0 Å². The molecule has 1 aliphatic rings. The van der Waals surface area contributed by atoms with E-state index in [0.29, 0.717) is 24.7 Å². The van der Waals surface area contributed by atoms with Crippen LogP contribution in [0.2, 0.25) is 5.02 Å². The Kier molecular flexibility index (Phi) is 8.98.